The molecule has 3 rings (SSSR count). The predicted octanol–water partition coefficient (Wildman–Crippen LogP) is 3.02. The molecule has 0 unspecified atom stereocenters. The number of para-hydroxylation sites is 1. The van der Waals surface area contributed by atoms with Crippen LogP contribution in [0.25, 0.3) is 10.9 Å². The Balaban J connectivity index is 1.59. The van der Waals surface area contributed by atoms with Crippen LogP contribution in [0.1, 0.15) is 28.0 Å². The Labute approximate surface area is 162 Å². The molecule has 28 heavy (non-hydrogen) atoms. The number of benzene rings is 1. The second kappa shape index (κ2) is 8.30. The molecule has 2 amide bonds. The van der Waals surface area contributed by atoms with Gasteiger partial charge in [-0.1, -0.05) is 24.8 Å². The molecule has 3 aromatic rings. The second-order valence-electron chi connectivity index (χ2n) is 6.42. The number of aryl methyl sites for hydroxylation is 2. The van der Waals surface area contributed by atoms with E-state index in [0.29, 0.717) is 22.6 Å². The lowest BCUT2D eigenvalue weighted by atomic mass is 10.1. The number of fused-ring (bicyclic) bond motifs is 1. The van der Waals surface area contributed by atoms with Crippen molar-refractivity contribution in [1.82, 2.24) is 20.8 Å². The second-order valence-corrected chi connectivity index (χ2v) is 6.42. The first-order valence-electron chi connectivity index (χ1n) is 8.75. The van der Waals surface area contributed by atoms with Crippen LogP contribution in [0.4, 0.5) is 5.69 Å². The fourth-order valence-corrected chi connectivity index (χ4v) is 2.76. The Bertz CT molecular complexity index is 1050. The molecular formula is C21H21N5O2. The van der Waals surface area contributed by atoms with E-state index in [4.69, 9.17) is 0 Å². The van der Waals surface area contributed by atoms with E-state index in [1.807, 2.05) is 25.1 Å². The SMILES string of the molecule is C=C(CC(=O)Nc1cccnc1)NNC(=O)c1cc2cccc(C)c2nc1C. The van der Waals surface area contributed by atoms with Crippen LogP contribution in [0, 0.1) is 13.8 Å². The average molecular weight is 375 g/mol. The molecule has 0 bridgehead atoms. The number of pyridine rings is 2. The van der Waals surface area contributed by atoms with Crippen molar-refractivity contribution < 1.29 is 9.59 Å². The summed E-state index contributed by atoms with van der Waals surface area (Å²) in [6.45, 7) is 7.54. The third-order valence-corrected chi connectivity index (χ3v) is 4.15. The molecular weight excluding hydrogens is 354 g/mol. The maximum atomic E-state index is 12.5. The Hall–Kier alpha value is -3.74. The first-order valence-corrected chi connectivity index (χ1v) is 8.75. The first-order chi connectivity index (χ1) is 13.4. The molecule has 2 heterocycles. The number of carbonyl (C=O) groups is 2. The maximum Gasteiger partial charge on any atom is 0.271 e. The molecule has 2 aromatic heterocycles. The Morgan fingerprint density at radius 3 is 2.68 bits per heavy atom. The zero-order valence-corrected chi connectivity index (χ0v) is 15.7. The van der Waals surface area contributed by atoms with Crippen molar-refractivity contribution in [2.75, 3.05) is 5.32 Å². The zero-order chi connectivity index (χ0) is 20.1. The lowest BCUT2D eigenvalue weighted by Gasteiger charge is -2.13. The molecule has 7 nitrogen and oxygen atoms in total. The molecule has 0 radical (unpaired) electrons. The van der Waals surface area contributed by atoms with Crippen molar-refractivity contribution >= 4 is 28.4 Å². The molecule has 3 N–H and O–H groups in total. The molecule has 0 aliphatic rings. The summed E-state index contributed by atoms with van der Waals surface area (Å²) in [5.74, 6) is -0.610. The van der Waals surface area contributed by atoms with Crippen molar-refractivity contribution in [3.8, 4) is 0 Å². The van der Waals surface area contributed by atoms with Gasteiger partial charge < -0.3 is 10.7 Å². The maximum absolute atomic E-state index is 12.5. The number of hydrazine groups is 1. The fraction of sp³-hybridized carbons (Fsp3) is 0.143. The number of aromatic nitrogens is 2. The fourth-order valence-electron chi connectivity index (χ4n) is 2.76. The summed E-state index contributed by atoms with van der Waals surface area (Å²) >= 11 is 0. The van der Waals surface area contributed by atoms with Gasteiger partial charge in [-0.2, -0.15) is 0 Å². The lowest BCUT2D eigenvalue weighted by molar-refractivity contribution is -0.115. The summed E-state index contributed by atoms with van der Waals surface area (Å²) in [7, 11) is 0. The van der Waals surface area contributed by atoms with Gasteiger partial charge in [0.2, 0.25) is 5.91 Å². The Kier molecular flexibility index (Phi) is 5.64. The number of hydrogen-bond donors (Lipinski definition) is 3. The van der Waals surface area contributed by atoms with Gasteiger partial charge in [-0.25, -0.2) is 0 Å². The van der Waals surface area contributed by atoms with E-state index >= 15 is 0 Å². The van der Waals surface area contributed by atoms with E-state index in [9.17, 15) is 9.59 Å². The molecule has 142 valence electrons. The summed E-state index contributed by atoms with van der Waals surface area (Å²) in [6, 6.07) is 11.1. The topological polar surface area (TPSA) is 96.0 Å². The van der Waals surface area contributed by atoms with Gasteiger partial charge in [-0.15, -0.1) is 0 Å². The van der Waals surface area contributed by atoms with Gasteiger partial charge in [0, 0.05) is 17.3 Å². The molecule has 0 aliphatic heterocycles. The minimum absolute atomic E-state index is 0.00330. The van der Waals surface area contributed by atoms with E-state index in [1.54, 1.807) is 37.5 Å². The lowest BCUT2D eigenvalue weighted by Crippen LogP contribution is -2.37. The van der Waals surface area contributed by atoms with Crippen LogP contribution in [-0.2, 0) is 4.79 Å². The number of carbonyl (C=O) groups excluding carboxylic acids is 2. The van der Waals surface area contributed by atoms with Crippen LogP contribution in [0.2, 0.25) is 0 Å². The quantitative estimate of drug-likeness (QED) is 0.576. The molecule has 0 aliphatic carbocycles. The standard InChI is InChI=1S/C21H21N5O2/c1-13-6-4-7-16-11-18(15(3)23-20(13)16)21(28)26-25-14(2)10-19(27)24-17-8-5-9-22-12-17/h4-9,11-12,25H,2,10H2,1,3H3,(H,24,27)(H,26,28). The van der Waals surface area contributed by atoms with Crippen LogP contribution >= 0.6 is 0 Å². The number of nitrogens with zero attached hydrogens (tertiary/aromatic N) is 2. The van der Waals surface area contributed by atoms with Crippen molar-refractivity contribution in [3.63, 3.8) is 0 Å². The molecule has 0 atom stereocenters. The molecule has 0 fully saturated rings. The van der Waals surface area contributed by atoms with Gasteiger partial charge in [0.15, 0.2) is 0 Å². The number of rotatable bonds is 6. The highest BCUT2D eigenvalue weighted by Crippen LogP contribution is 2.19. The monoisotopic (exact) mass is 375 g/mol. The van der Waals surface area contributed by atoms with Gasteiger partial charge in [-0.05, 0) is 37.6 Å². The summed E-state index contributed by atoms with van der Waals surface area (Å²) in [5.41, 5.74) is 9.22. The number of anilines is 1. The Morgan fingerprint density at radius 2 is 1.93 bits per heavy atom. The van der Waals surface area contributed by atoms with Crippen molar-refractivity contribution in [2.24, 2.45) is 0 Å². The number of amides is 2. The van der Waals surface area contributed by atoms with Crippen LogP contribution in [-0.4, -0.2) is 21.8 Å². The minimum Gasteiger partial charge on any atom is -0.324 e. The van der Waals surface area contributed by atoms with Gasteiger partial charge in [0.1, 0.15) is 0 Å². The summed E-state index contributed by atoms with van der Waals surface area (Å²) in [5, 5.41) is 3.60. The first kappa shape index (κ1) is 19.0. The average Bonchev–Trinajstić information content (AvgIpc) is 2.67. The smallest absolute Gasteiger partial charge is 0.271 e. The summed E-state index contributed by atoms with van der Waals surface area (Å²) in [6.07, 6.45) is 3.17. The number of hydrogen-bond acceptors (Lipinski definition) is 5. The van der Waals surface area contributed by atoms with Gasteiger partial charge in [-0.3, -0.25) is 25.0 Å². The van der Waals surface area contributed by atoms with Crippen molar-refractivity contribution in [3.05, 3.63) is 77.9 Å². The van der Waals surface area contributed by atoms with E-state index in [-0.39, 0.29) is 18.2 Å². The van der Waals surface area contributed by atoms with E-state index < -0.39 is 0 Å². The van der Waals surface area contributed by atoms with Crippen molar-refractivity contribution in [2.45, 2.75) is 20.3 Å². The third kappa shape index (κ3) is 4.50. The van der Waals surface area contributed by atoms with Crippen LogP contribution in [0.3, 0.4) is 0 Å². The van der Waals surface area contributed by atoms with Crippen molar-refractivity contribution in [1.29, 1.82) is 0 Å². The third-order valence-electron chi connectivity index (χ3n) is 4.15. The highest BCUT2D eigenvalue weighted by atomic mass is 16.2. The van der Waals surface area contributed by atoms with Gasteiger partial charge >= 0.3 is 0 Å². The minimum atomic E-state index is -0.345. The summed E-state index contributed by atoms with van der Waals surface area (Å²) < 4.78 is 0. The summed E-state index contributed by atoms with van der Waals surface area (Å²) in [4.78, 5) is 33.0. The molecule has 0 spiro atoms. The van der Waals surface area contributed by atoms with Crippen LogP contribution in [0.5, 0.6) is 0 Å². The molecule has 1 aromatic carbocycles. The molecule has 0 saturated carbocycles. The highest BCUT2D eigenvalue weighted by Gasteiger charge is 2.13. The van der Waals surface area contributed by atoms with E-state index in [1.165, 1.54) is 0 Å². The number of nitrogens with one attached hydrogen (secondary N) is 3. The van der Waals surface area contributed by atoms with Gasteiger partial charge in [0.05, 0.1) is 35.1 Å². The van der Waals surface area contributed by atoms with Crippen LogP contribution < -0.4 is 16.2 Å². The normalized spacial score (nSPS) is 10.4. The zero-order valence-electron chi connectivity index (χ0n) is 15.7. The molecule has 7 heteroatoms. The van der Waals surface area contributed by atoms with Crippen LogP contribution in [0.15, 0.2) is 61.1 Å². The highest BCUT2D eigenvalue weighted by molar-refractivity contribution is 5.99. The predicted molar refractivity (Wildman–Crippen MR) is 108 cm³/mol. The van der Waals surface area contributed by atoms with Gasteiger partial charge in [0.25, 0.3) is 5.91 Å². The molecule has 0 saturated heterocycles. The van der Waals surface area contributed by atoms with E-state index in [2.05, 4.69) is 32.7 Å². The van der Waals surface area contributed by atoms with E-state index in [0.717, 1.165) is 16.5 Å². The largest absolute Gasteiger partial charge is 0.324 e. The Morgan fingerprint density at radius 1 is 1.11 bits per heavy atom.